The number of hydrogen-bond acceptors (Lipinski definition) is 2. The first-order chi connectivity index (χ1) is 7.84. The SMILES string of the molecule is O=C1NC(=O)C(C(F)(F)C(F)(F)C(F)(F)F)=C1F. The molecule has 1 aliphatic rings. The van der Waals surface area contributed by atoms with E-state index in [0.29, 0.717) is 0 Å². The van der Waals surface area contributed by atoms with Gasteiger partial charge in [0, 0.05) is 0 Å². The van der Waals surface area contributed by atoms with Crippen molar-refractivity contribution in [1.29, 1.82) is 0 Å². The first-order valence-corrected chi connectivity index (χ1v) is 3.92. The fourth-order valence-electron chi connectivity index (χ4n) is 1.05. The van der Waals surface area contributed by atoms with Crippen LogP contribution in [-0.2, 0) is 9.59 Å². The van der Waals surface area contributed by atoms with Crippen molar-refractivity contribution in [3.8, 4) is 0 Å². The summed E-state index contributed by atoms with van der Waals surface area (Å²) < 4.78 is 98.7. The summed E-state index contributed by atoms with van der Waals surface area (Å²) >= 11 is 0. The van der Waals surface area contributed by atoms with Crippen molar-refractivity contribution >= 4 is 11.8 Å². The number of alkyl halides is 7. The standard InChI is InChI=1S/C7HF8NO2/c8-2-1(3(17)16-4(2)18)5(9,10)6(11,12)7(13,14)15/h(H,16,17,18). The average Bonchev–Trinajstić information content (AvgIpc) is 2.38. The summed E-state index contributed by atoms with van der Waals surface area (Å²) in [5.41, 5.74) is -2.84. The molecule has 18 heavy (non-hydrogen) atoms. The summed E-state index contributed by atoms with van der Waals surface area (Å²) in [5.74, 6) is -20.0. The molecule has 0 spiro atoms. The third-order valence-electron chi connectivity index (χ3n) is 1.94. The predicted molar refractivity (Wildman–Crippen MR) is 37.2 cm³/mol. The van der Waals surface area contributed by atoms with Crippen LogP contribution in [0.4, 0.5) is 35.1 Å². The van der Waals surface area contributed by atoms with E-state index < -0.39 is 41.2 Å². The van der Waals surface area contributed by atoms with Crippen molar-refractivity contribution in [3.05, 3.63) is 11.4 Å². The predicted octanol–water partition coefficient (Wildman–Crippen LogP) is 1.70. The smallest absolute Gasteiger partial charge is 0.286 e. The zero-order valence-corrected chi connectivity index (χ0v) is 7.84. The Labute approximate surface area is 92.4 Å². The second-order valence-corrected chi connectivity index (χ2v) is 3.12. The zero-order valence-electron chi connectivity index (χ0n) is 7.84. The van der Waals surface area contributed by atoms with Crippen LogP contribution in [0.25, 0.3) is 0 Å². The highest BCUT2D eigenvalue weighted by Crippen LogP contribution is 2.51. The maximum atomic E-state index is 12.9. The van der Waals surface area contributed by atoms with Crippen molar-refractivity contribution in [2.24, 2.45) is 0 Å². The van der Waals surface area contributed by atoms with Crippen LogP contribution in [0.5, 0.6) is 0 Å². The maximum Gasteiger partial charge on any atom is 0.460 e. The number of imide groups is 1. The third kappa shape index (κ3) is 1.73. The molecule has 0 aromatic rings. The number of rotatable bonds is 2. The molecule has 102 valence electrons. The summed E-state index contributed by atoms with van der Waals surface area (Å²) in [6, 6.07) is 0. The van der Waals surface area contributed by atoms with E-state index in [0.717, 1.165) is 5.32 Å². The molecule has 2 amide bonds. The fourth-order valence-corrected chi connectivity index (χ4v) is 1.05. The summed E-state index contributed by atoms with van der Waals surface area (Å²) in [6.45, 7) is 0. The fraction of sp³-hybridized carbons (Fsp3) is 0.429. The Bertz CT molecular complexity index is 449. The molecule has 0 aromatic heterocycles. The molecule has 0 bridgehead atoms. The second kappa shape index (κ2) is 3.65. The van der Waals surface area contributed by atoms with Crippen LogP contribution < -0.4 is 5.32 Å². The molecule has 0 saturated heterocycles. The molecular formula is C7HF8NO2. The minimum Gasteiger partial charge on any atom is -0.286 e. The van der Waals surface area contributed by atoms with Crippen LogP contribution in [-0.4, -0.2) is 29.8 Å². The van der Waals surface area contributed by atoms with E-state index in [1.807, 2.05) is 0 Å². The van der Waals surface area contributed by atoms with Gasteiger partial charge in [0.25, 0.3) is 11.8 Å². The van der Waals surface area contributed by atoms with Crippen LogP contribution in [0.2, 0.25) is 0 Å². The van der Waals surface area contributed by atoms with E-state index in [1.165, 1.54) is 0 Å². The van der Waals surface area contributed by atoms with Gasteiger partial charge in [-0.25, -0.2) is 4.39 Å². The van der Waals surface area contributed by atoms with Gasteiger partial charge in [-0.15, -0.1) is 0 Å². The molecule has 0 aliphatic carbocycles. The molecule has 0 unspecified atom stereocenters. The molecule has 0 aromatic carbocycles. The van der Waals surface area contributed by atoms with Gasteiger partial charge < -0.3 is 0 Å². The van der Waals surface area contributed by atoms with E-state index in [9.17, 15) is 44.7 Å². The number of carbonyl (C=O) groups excluding carboxylic acids is 2. The lowest BCUT2D eigenvalue weighted by Gasteiger charge is -2.27. The highest BCUT2D eigenvalue weighted by molar-refractivity contribution is 6.19. The van der Waals surface area contributed by atoms with E-state index in [2.05, 4.69) is 0 Å². The van der Waals surface area contributed by atoms with Crippen molar-refractivity contribution in [2.45, 2.75) is 18.0 Å². The zero-order chi connectivity index (χ0) is 14.5. The number of hydrogen-bond donors (Lipinski definition) is 1. The summed E-state index contributed by atoms with van der Waals surface area (Å²) in [5, 5.41) is 0.839. The van der Waals surface area contributed by atoms with Gasteiger partial charge in [-0.2, -0.15) is 30.7 Å². The monoisotopic (exact) mass is 283 g/mol. The van der Waals surface area contributed by atoms with Gasteiger partial charge in [0.05, 0.1) is 0 Å². The summed E-state index contributed by atoms with van der Waals surface area (Å²) in [4.78, 5) is 21.0. The minimum absolute atomic E-state index is 0.839. The lowest BCUT2D eigenvalue weighted by atomic mass is 10.0. The Morgan fingerprint density at radius 2 is 1.28 bits per heavy atom. The highest BCUT2D eigenvalue weighted by Gasteiger charge is 2.76. The highest BCUT2D eigenvalue weighted by atomic mass is 19.4. The number of amides is 2. The molecule has 0 fully saturated rings. The van der Waals surface area contributed by atoms with Crippen LogP contribution in [0, 0.1) is 0 Å². The Hall–Kier alpha value is -1.68. The molecule has 0 atom stereocenters. The molecule has 11 heteroatoms. The van der Waals surface area contributed by atoms with Crippen LogP contribution in [0.15, 0.2) is 11.4 Å². The summed E-state index contributed by atoms with van der Waals surface area (Å²) in [7, 11) is 0. The topological polar surface area (TPSA) is 46.2 Å². The molecule has 3 nitrogen and oxygen atoms in total. The Morgan fingerprint density at radius 1 is 0.833 bits per heavy atom. The van der Waals surface area contributed by atoms with Gasteiger partial charge in [-0.1, -0.05) is 0 Å². The van der Waals surface area contributed by atoms with Crippen LogP contribution in [0.3, 0.4) is 0 Å². The van der Waals surface area contributed by atoms with Gasteiger partial charge in [-0.3, -0.25) is 14.9 Å². The van der Waals surface area contributed by atoms with E-state index >= 15 is 0 Å². The van der Waals surface area contributed by atoms with Crippen molar-refractivity contribution < 1.29 is 44.7 Å². The van der Waals surface area contributed by atoms with Gasteiger partial charge in [-0.05, 0) is 0 Å². The molecule has 1 aliphatic heterocycles. The molecule has 1 heterocycles. The third-order valence-corrected chi connectivity index (χ3v) is 1.94. The lowest BCUT2D eigenvalue weighted by Crippen LogP contribution is -2.54. The molecule has 1 rings (SSSR count). The molecule has 0 saturated carbocycles. The van der Waals surface area contributed by atoms with E-state index in [1.54, 1.807) is 0 Å². The molecule has 1 N–H and O–H groups in total. The number of nitrogens with one attached hydrogen (secondary N) is 1. The van der Waals surface area contributed by atoms with Gasteiger partial charge in [0.1, 0.15) is 5.57 Å². The van der Waals surface area contributed by atoms with E-state index in [4.69, 9.17) is 0 Å². The first kappa shape index (κ1) is 14.4. The van der Waals surface area contributed by atoms with Crippen molar-refractivity contribution in [3.63, 3.8) is 0 Å². The largest absolute Gasteiger partial charge is 0.460 e. The normalized spacial score (nSPS) is 18.4. The number of halogens is 8. The quantitative estimate of drug-likeness (QED) is 0.619. The molecule has 0 radical (unpaired) electrons. The summed E-state index contributed by atoms with van der Waals surface area (Å²) in [6.07, 6.45) is -6.73. The van der Waals surface area contributed by atoms with Crippen molar-refractivity contribution in [2.75, 3.05) is 0 Å². The number of carbonyl (C=O) groups is 2. The maximum absolute atomic E-state index is 12.9. The second-order valence-electron chi connectivity index (χ2n) is 3.12. The lowest BCUT2D eigenvalue weighted by molar-refractivity contribution is -0.344. The Kier molecular flexibility index (Phi) is 2.92. The van der Waals surface area contributed by atoms with Crippen LogP contribution >= 0.6 is 0 Å². The van der Waals surface area contributed by atoms with Gasteiger partial charge in [0.15, 0.2) is 0 Å². The van der Waals surface area contributed by atoms with Gasteiger partial charge >= 0.3 is 18.0 Å². The van der Waals surface area contributed by atoms with Crippen molar-refractivity contribution in [1.82, 2.24) is 5.32 Å². The average molecular weight is 283 g/mol. The first-order valence-electron chi connectivity index (χ1n) is 3.92. The Morgan fingerprint density at radius 3 is 1.56 bits per heavy atom. The van der Waals surface area contributed by atoms with Crippen LogP contribution in [0.1, 0.15) is 0 Å². The Balaban J connectivity index is 3.40. The van der Waals surface area contributed by atoms with Gasteiger partial charge in [0.2, 0.25) is 5.83 Å². The minimum atomic E-state index is -6.73. The molecular weight excluding hydrogens is 282 g/mol. The van der Waals surface area contributed by atoms with E-state index in [-0.39, 0.29) is 0 Å².